The number of phenolic OH excluding ortho intramolecular Hbond substituents is 1. The summed E-state index contributed by atoms with van der Waals surface area (Å²) in [5.74, 6) is 0.792. The van der Waals surface area contributed by atoms with E-state index in [4.69, 9.17) is 4.74 Å². The van der Waals surface area contributed by atoms with Crippen LogP contribution in [0.5, 0.6) is 11.6 Å². The van der Waals surface area contributed by atoms with Gasteiger partial charge < -0.3 is 14.7 Å². The quantitative estimate of drug-likeness (QED) is 0.817. The molecule has 126 valence electrons. The maximum Gasteiger partial charge on any atom is 0.213 e. The first-order chi connectivity index (χ1) is 10.8. The van der Waals surface area contributed by atoms with Crippen LogP contribution < -0.4 is 4.74 Å². The third kappa shape index (κ3) is 5.49. The molecular weight excluding hydrogens is 316 g/mol. The molecule has 0 spiro atoms. The molecule has 0 bridgehead atoms. The Morgan fingerprint density at radius 3 is 2.70 bits per heavy atom. The second-order valence-corrected chi connectivity index (χ2v) is 5.96. The zero-order valence-electron chi connectivity index (χ0n) is 13.4. The molecule has 3 rings (SSSR count). The summed E-state index contributed by atoms with van der Waals surface area (Å²) in [6.07, 6.45) is 6.29. The number of aromatic hydroxyl groups is 1. The molecule has 2 heterocycles. The summed E-state index contributed by atoms with van der Waals surface area (Å²) < 4.78 is 5.72. The zero-order chi connectivity index (χ0) is 15.2. The zero-order valence-corrected chi connectivity index (χ0v) is 14.1. The average molecular weight is 340 g/mol. The van der Waals surface area contributed by atoms with Crippen LogP contribution in [-0.4, -0.2) is 41.2 Å². The predicted octanol–water partition coefficient (Wildman–Crippen LogP) is 3.59. The molecule has 0 aliphatic carbocycles. The number of phenols is 1. The average Bonchev–Trinajstić information content (AvgIpc) is 2.56. The Morgan fingerprint density at radius 2 is 1.87 bits per heavy atom. The number of rotatable bonds is 6. The molecule has 1 saturated heterocycles. The van der Waals surface area contributed by atoms with Gasteiger partial charge in [0, 0.05) is 49.2 Å². The number of unbranched alkanes of at least 4 members (excludes halogenated alkanes) is 1. The van der Waals surface area contributed by atoms with Crippen LogP contribution >= 0.6 is 0 Å². The third-order valence-electron chi connectivity index (χ3n) is 4.24. The number of hydrogen-bond donors (Lipinski definition) is 1. The van der Waals surface area contributed by atoms with E-state index >= 15 is 0 Å². The number of benzene rings is 1. The monoisotopic (exact) mass is 340 g/mol. The third-order valence-corrected chi connectivity index (χ3v) is 4.24. The van der Waals surface area contributed by atoms with Gasteiger partial charge in [-0.25, -0.2) is 4.98 Å². The number of piperidine rings is 1. The summed E-state index contributed by atoms with van der Waals surface area (Å²) in [4.78, 5) is 6.93. The van der Waals surface area contributed by atoms with Gasteiger partial charge in [-0.2, -0.15) is 0 Å². The fourth-order valence-electron chi connectivity index (χ4n) is 2.99. The predicted molar refractivity (Wildman–Crippen MR) is 88.4 cm³/mol. The van der Waals surface area contributed by atoms with Gasteiger partial charge in [0.1, 0.15) is 11.3 Å². The van der Waals surface area contributed by atoms with Crippen LogP contribution in [0.4, 0.5) is 0 Å². The number of para-hydroxylation sites is 1. The first kappa shape index (κ1) is 18.8. The smallest absolute Gasteiger partial charge is 0.213 e. The summed E-state index contributed by atoms with van der Waals surface area (Å²) >= 11 is 0. The molecule has 4 nitrogen and oxygen atoms in total. The molecule has 1 aromatic carbocycles. The van der Waals surface area contributed by atoms with Gasteiger partial charge in [0.2, 0.25) is 5.88 Å². The first-order valence-electron chi connectivity index (χ1n) is 8.27. The largest absolute Gasteiger partial charge is 0.506 e. The number of fused-ring (bicyclic) bond motifs is 1. The van der Waals surface area contributed by atoms with Crippen molar-refractivity contribution in [3.63, 3.8) is 0 Å². The topological polar surface area (TPSA) is 45.6 Å². The van der Waals surface area contributed by atoms with Crippen molar-refractivity contribution < 1.29 is 47.6 Å². The number of aromatic nitrogens is 1. The Labute approximate surface area is 167 Å². The van der Waals surface area contributed by atoms with Gasteiger partial charge in [0.25, 0.3) is 0 Å². The molecule has 5 heteroatoms. The van der Waals surface area contributed by atoms with E-state index in [9.17, 15) is 5.11 Å². The molecule has 0 atom stereocenters. The van der Waals surface area contributed by atoms with E-state index in [0.29, 0.717) is 18.0 Å². The van der Waals surface area contributed by atoms with Crippen LogP contribution in [0.25, 0.3) is 10.9 Å². The minimum atomic E-state index is 0. The van der Waals surface area contributed by atoms with E-state index in [0.717, 1.165) is 11.8 Å². The first-order valence-corrected chi connectivity index (χ1v) is 8.27. The summed E-state index contributed by atoms with van der Waals surface area (Å²) in [6.45, 7) is 4.37. The Hall–Kier alpha value is -0.550. The van der Waals surface area contributed by atoms with Crippen LogP contribution in [0.15, 0.2) is 30.3 Å². The second-order valence-electron chi connectivity index (χ2n) is 5.96. The van der Waals surface area contributed by atoms with Gasteiger partial charge in [-0.1, -0.05) is 18.6 Å². The molecule has 0 unspecified atom stereocenters. The number of pyridine rings is 1. The minimum absolute atomic E-state index is 0. The molecular formula is C18H24ArN2O2. The van der Waals surface area contributed by atoms with Crippen LogP contribution in [0.3, 0.4) is 0 Å². The molecule has 1 aliphatic rings. The molecule has 0 saturated carbocycles. The fourth-order valence-corrected chi connectivity index (χ4v) is 2.99. The standard InChI is InChI=1S/C18H24N2O2.Ar/c21-16-8-6-7-15-9-10-17(19-18(15)16)22-14-5-4-13-20-11-2-1-3-12-20;/h6-10,21H,1-5,11-14H2;. The number of likely N-dealkylation sites (tertiary alicyclic amines) is 1. The Morgan fingerprint density at radius 1 is 1.04 bits per heavy atom. The molecule has 2 aromatic rings. The van der Waals surface area contributed by atoms with E-state index < -0.39 is 0 Å². The Balaban J connectivity index is 0.00000192. The van der Waals surface area contributed by atoms with Crippen LogP contribution in [-0.2, 0) is 0 Å². The van der Waals surface area contributed by atoms with E-state index in [2.05, 4.69) is 9.88 Å². The number of ether oxygens (including phenoxy) is 1. The van der Waals surface area contributed by atoms with E-state index in [1.807, 2.05) is 24.3 Å². The molecule has 23 heavy (non-hydrogen) atoms. The molecule has 1 fully saturated rings. The van der Waals surface area contributed by atoms with Gasteiger partial charge in [-0.3, -0.25) is 0 Å². The van der Waals surface area contributed by atoms with Crippen molar-refractivity contribution in [1.82, 2.24) is 9.88 Å². The summed E-state index contributed by atoms with van der Waals surface area (Å²) in [7, 11) is 0. The Kier molecular flexibility index (Phi) is 7.90. The molecule has 0 radical (unpaired) electrons. The maximum atomic E-state index is 9.83. The van der Waals surface area contributed by atoms with Crippen molar-refractivity contribution in [3.05, 3.63) is 30.3 Å². The number of nitrogens with zero attached hydrogens (tertiary/aromatic N) is 2. The van der Waals surface area contributed by atoms with Crippen molar-refractivity contribution in [1.29, 1.82) is 0 Å². The fraction of sp³-hybridized carbons (Fsp3) is 0.500. The van der Waals surface area contributed by atoms with Gasteiger partial charge >= 0.3 is 0 Å². The van der Waals surface area contributed by atoms with Crippen LogP contribution in [0.2, 0.25) is 0 Å². The summed E-state index contributed by atoms with van der Waals surface area (Å²) in [5.41, 5.74) is 0.605. The van der Waals surface area contributed by atoms with Crippen LogP contribution in [0, 0.1) is 37.7 Å². The molecule has 1 aliphatic heterocycles. The second kappa shape index (κ2) is 9.67. The van der Waals surface area contributed by atoms with Crippen molar-refractivity contribution >= 4 is 10.9 Å². The normalized spacial score (nSPS) is 15.3. The Bertz CT molecular complexity index is 615. The van der Waals surface area contributed by atoms with Crippen molar-refractivity contribution in [3.8, 4) is 11.6 Å². The van der Waals surface area contributed by atoms with Crippen molar-refractivity contribution in [2.45, 2.75) is 32.1 Å². The molecule has 1 aromatic heterocycles. The van der Waals surface area contributed by atoms with E-state index in [-0.39, 0.29) is 43.5 Å². The van der Waals surface area contributed by atoms with Gasteiger partial charge in [-0.15, -0.1) is 0 Å². The number of hydrogen-bond acceptors (Lipinski definition) is 4. The van der Waals surface area contributed by atoms with Gasteiger partial charge in [-0.05, 0) is 57.5 Å². The summed E-state index contributed by atoms with van der Waals surface area (Å²) in [6, 6.07) is 9.21. The SMILES string of the molecule is Oc1cccc2ccc(OCCCCN3CCCCC3)nc12.[Ar]. The van der Waals surface area contributed by atoms with Gasteiger partial charge in [0.05, 0.1) is 6.61 Å². The minimum Gasteiger partial charge on any atom is -0.506 e. The van der Waals surface area contributed by atoms with Crippen molar-refractivity contribution in [2.24, 2.45) is 0 Å². The summed E-state index contributed by atoms with van der Waals surface area (Å²) in [5, 5.41) is 10.8. The van der Waals surface area contributed by atoms with Gasteiger partial charge in [0.15, 0.2) is 0 Å². The van der Waals surface area contributed by atoms with Crippen molar-refractivity contribution in [2.75, 3.05) is 26.2 Å². The maximum absolute atomic E-state index is 9.83. The van der Waals surface area contributed by atoms with E-state index in [1.165, 1.54) is 45.3 Å². The molecule has 1 N–H and O–H groups in total. The molecule has 0 amide bonds. The van der Waals surface area contributed by atoms with E-state index in [1.54, 1.807) is 6.07 Å². The van der Waals surface area contributed by atoms with Crippen LogP contribution in [0.1, 0.15) is 32.1 Å².